The molecule has 3 rings (SSSR count). The van der Waals surface area contributed by atoms with Gasteiger partial charge in [-0.25, -0.2) is 9.97 Å². The second-order valence-electron chi connectivity index (χ2n) is 3.90. The molecule has 0 spiro atoms. The molecule has 1 aliphatic carbocycles. The highest BCUT2D eigenvalue weighted by Crippen LogP contribution is 2.35. The molecule has 15 heavy (non-hydrogen) atoms. The highest BCUT2D eigenvalue weighted by atomic mass is 35.5. The third-order valence-corrected chi connectivity index (χ3v) is 3.24. The van der Waals surface area contributed by atoms with E-state index in [0.717, 1.165) is 23.9 Å². The fraction of sp³-hybridized carbons (Fsp3) is 0.400. The molecule has 1 aliphatic rings. The summed E-state index contributed by atoms with van der Waals surface area (Å²) in [6, 6.07) is 2.27. The molecule has 0 aromatic carbocycles. The summed E-state index contributed by atoms with van der Waals surface area (Å²) in [5.74, 6) is 0. The quantitative estimate of drug-likeness (QED) is 0.750. The Hall–Kier alpha value is -1.13. The van der Waals surface area contributed by atoms with Crippen LogP contribution in [0.3, 0.4) is 0 Å². The summed E-state index contributed by atoms with van der Waals surface area (Å²) in [6.45, 7) is 0. The Morgan fingerprint density at radius 1 is 1.40 bits per heavy atom. The lowest BCUT2D eigenvalue weighted by atomic mass is 9.89. The number of aromatic nitrogens is 3. The van der Waals surface area contributed by atoms with Crippen molar-refractivity contribution < 1.29 is 5.11 Å². The van der Waals surface area contributed by atoms with E-state index in [-0.39, 0.29) is 6.10 Å². The van der Waals surface area contributed by atoms with Crippen molar-refractivity contribution in [3.8, 4) is 0 Å². The first-order chi connectivity index (χ1) is 7.25. The number of nitrogens with zero attached hydrogens (tertiary/aromatic N) is 3. The minimum absolute atomic E-state index is 0.162. The van der Waals surface area contributed by atoms with Crippen molar-refractivity contribution in [3.05, 3.63) is 23.7 Å². The maximum absolute atomic E-state index is 9.27. The van der Waals surface area contributed by atoms with Crippen LogP contribution in [0.2, 0.25) is 5.15 Å². The number of fused-ring (bicyclic) bond motifs is 1. The standard InChI is InChI=1S/C10H10ClN3O/c11-9-8-1-2-14(6-3-7(15)4-6)10(8)13-5-12-9/h1-2,5-7,15H,3-4H2. The fourth-order valence-corrected chi connectivity index (χ4v) is 2.21. The van der Waals surface area contributed by atoms with E-state index < -0.39 is 0 Å². The van der Waals surface area contributed by atoms with Gasteiger partial charge < -0.3 is 9.67 Å². The summed E-state index contributed by atoms with van der Waals surface area (Å²) < 4.78 is 2.07. The van der Waals surface area contributed by atoms with Gasteiger partial charge in [0.15, 0.2) is 0 Å². The average molecular weight is 224 g/mol. The highest BCUT2D eigenvalue weighted by Gasteiger charge is 2.29. The van der Waals surface area contributed by atoms with Gasteiger partial charge in [-0.15, -0.1) is 0 Å². The van der Waals surface area contributed by atoms with E-state index in [1.54, 1.807) is 0 Å². The van der Waals surface area contributed by atoms with Crippen molar-refractivity contribution in [2.75, 3.05) is 0 Å². The van der Waals surface area contributed by atoms with E-state index in [2.05, 4.69) is 14.5 Å². The second kappa shape index (κ2) is 3.18. The van der Waals surface area contributed by atoms with Crippen LogP contribution in [-0.4, -0.2) is 25.7 Å². The highest BCUT2D eigenvalue weighted by molar-refractivity contribution is 6.33. The Labute approximate surface area is 91.5 Å². The molecule has 0 bridgehead atoms. The van der Waals surface area contributed by atoms with Gasteiger partial charge in [0.25, 0.3) is 0 Å². The molecule has 5 heteroatoms. The smallest absolute Gasteiger partial charge is 0.145 e. The number of hydrogen-bond acceptors (Lipinski definition) is 3. The van der Waals surface area contributed by atoms with Gasteiger partial charge in [-0.3, -0.25) is 0 Å². The maximum atomic E-state index is 9.27. The van der Waals surface area contributed by atoms with Crippen LogP contribution in [0.1, 0.15) is 18.9 Å². The molecule has 78 valence electrons. The van der Waals surface area contributed by atoms with Gasteiger partial charge in [0.2, 0.25) is 0 Å². The van der Waals surface area contributed by atoms with Crippen molar-refractivity contribution in [2.45, 2.75) is 25.0 Å². The van der Waals surface area contributed by atoms with Crippen LogP contribution in [0.4, 0.5) is 0 Å². The van der Waals surface area contributed by atoms with E-state index in [9.17, 15) is 5.11 Å². The molecule has 2 aromatic rings. The molecule has 1 N–H and O–H groups in total. The Bertz CT molecular complexity index is 504. The predicted molar refractivity (Wildman–Crippen MR) is 56.8 cm³/mol. The Morgan fingerprint density at radius 3 is 2.93 bits per heavy atom. The molecule has 0 saturated heterocycles. The first-order valence-corrected chi connectivity index (χ1v) is 5.28. The van der Waals surface area contributed by atoms with Gasteiger partial charge in [-0.05, 0) is 18.9 Å². The molecule has 0 aliphatic heterocycles. The third-order valence-electron chi connectivity index (χ3n) is 2.94. The molecule has 4 nitrogen and oxygen atoms in total. The van der Waals surface area contributed by atoms with Crippen molar-refractivity contribution in [1.29, 1.82) is 0 Å². The minimum Gasteiger partial charge on any atom is -0.393 e. The number of aliphatic hydroxyl groups excluding tert-OH is 1. The maximum Gasteiger partial charge on any atom is 0.145 e. The van der Waals surface area contributed by atoms with Crippen LogP contribution in [-0.2, 0) is 0 Å². The number of aliphatic hydroxyl groups is 1. The molecule has 0 amide bonds. The van der Waals surface area contributed by atoms with Crippen LogP contribution >= 0.6 is 11.6 Å². The van der Waals surface area contributed by atoms with Gasteiger partial charge in [-0.1, -0.05) is 11.6 Å². The summed E-state index contributed by atoms with van der Waals surface area (Å²) in [5.41, 5.74) is 0.854. The van der Waals surface area contributed by atoms with Gasteiger partial charge in [-0.2, -0.15) is 0 Å². The fourth-order valence-electron chi connectivity index (χ4n) is 2.02. The van der Waals surface area contributed by atoms with Crippen LogP contribution < -0.4 is 0 Å². The minimum atomic E-state index is -0.162. The average Bonchev–Trinajstić information content (AvgIpc) is 2.58. The van der Waals surface area contributed by atoms with Crippen LogP contribution in [0.25, 0.3) is 11.0 Å². The van der Waals surface area contributed by atoms with Crippen molar-refractivity contribution in [3.63, 3.8) is 0 Å². The normalized spacial score (nSPS) is 25.5. The van der Waals surface area contributed by atoms with Crippen LogP contribution in [0, 0.1) is 0 Å². The lowest BCUT2D eigenvalue weighted by molar-refractivity contribution is 0.0501. The zero-order valence-electron chi connectivity index (χ0n) is 7.97. The SMILES string of the molecule is OC1CC(n2ccc3c(Cl)ncnc32)C1. The summed E-state index contributed by atoms with van der Waals surface area (Å²) in [7, 11) is 0. The molecular formula is C10H10ClN3O. The molecule has 2 aromatic heterocycles. The largest absolute Gasteiger partial charge is 0.393 e. The van der Waals surface area contributed by atoms with Crippen LogP contribution in [0.5, 0.6) is 0 Å². The topological polar surface area (TPSA) is 50.9 Å². The van der Waals surface area contributed by atoms with Gasteiger partial charge in [0, 0.05) is 12.2 Å². The molecule has 2 heterocycles. The summed E-state index contributed by atoms with van der Waals surface area (Å²) >= 11 is 5.95. The molecule has 1 saturated carbocycles. The third kappa shape index (κ3) is 1.33. The first-order valence-electron chi connectivity index (χ1n) is 4.91. The Morgan fingerprint density at radius 2 is 2.20 bits per heavy atom. The van der Waals surface area contributed by atoms with Gasteiger partial charge in [0.1, 0.15) is 17.1 Å². The van der Waals surface area contributed by atoms with Gasteiger partial charge >= 0.3 is 0 Å². The Balaban J connectivity index is 2.09. The van der Waals surface area contributed by atoms with E-state index >= 15 is 0 Å². The monoisotopic (exact) mass is 223 g/mol. The van der Waals surface area contributed by atoms with Crippen molar-refractivity contribution in [2.24, 2.45) is 0 Å². The predicted octanol–water partition coefficient (Wildman–Crippen LogP) is 1.78. The summed E-state index contributed by atoms with van der Waals surface area (Å²) in [6.07, 6.45) is 4.86. The zero-order chi connectivity index (χ0) is 10.4. The number of rotatable bonds is 1. The second-order valence-corrected chi connectivity index (χ2v) is 4.26. The van der Waals surface area contributed by atoms with E-state index in [1.165, 1.54) is 6.33 Å². The first kappa shape index (κ1) is 9.12. The summed E-state index contributed by atoms with van der Waals surface area (Å²) in [5, 5.41) is 10.6. The van der Waals surface area contributed by atoms with Crippen molar-refractivity contribution in [1.82, 2.24) is 14.5 Å². The number of hydrogen-bond donors (Lipinski definition) is 1. The molecular weight excluding hydrogens is 214 g/mol. The van der Waals surface area contributed by atoms with E-state index in [4.69, 9.17) is 11.6 Å². The van der Waals surface area contributed by atoms with Crippen molar-refractivity contribution >= 4 is 22.6 Å². The lowest BCUT2D eigenvalue weighted by Crippen LogP contribution is -2.30. The van der Waals surface area contributed by atoms with E-state index in [0.29, 0.717) is 11.2 Å². The Kier molecular flexibility index (Phi) is 1.94. The molecule has 0 radical (unpaired) electrons. The molecule has 0 unspecified atom stereocenters. The molecule has 1 fully saturated rings. The van der Waals surface area contributed by atoms with Crippen LogP contribution in [0.15, 0.2) is 18.6 Å². The summed E-state index contributed by atoms with van der Waals surface area (Å²) in [4.78, 5) is 8.15. The zero-order valence-corrected chi connectivity index (χ0v) is 8.72. The lowest BCUT2D eigenvalue weighted by Gasteiger charge is -2.32. The van der Waals surface area contributed by atoms with E-state index in [1.807, 2.05) is 12.3 Å². The number of halogens is 1. The van der Waals surface area contributed by atoms with Gasteiger partial charge in [0.05, 0.1) is 11.5 Å². The molecule has 0 atom stereocenters.